The third-order valence-electron chi connectivity index (χ3n) is 5.09. The van der Waals surface area contributed by atoms with Gasteiger partial charge in [0.05, 0.1) is 0 Å². The molecule has 1 aliphatic rings. The zero-order valence-corrected chi connectivity index (χ0v) is 17.3. The first-order chi connectivity index (χ1) is 13.4. The molecule has 150 valence electrons. The number of likely N-dealkylation sites (tertiary alicyclic amines) is 1. The number of ether oxygens (including phenoxy) is 1. The van der Waals surface area contributed by atoms with E-state index in [0.717, 1.165) is 39.0 Å². The Kier molecular flexibility index (Phi) is 6.74. The van der Waals surface area contributed by atoms with Crippen LogP contribution in [0.1, 0.15) is 39.2 Å². The highest BCUT2D eigenvalue weighted by Crippen LogP contribution is 2.21. The molecule has 4 nitrogen and oxygen atoms in total. The zero-order chi connectivity index (χ0) is 20.0. The van der Waals surface area contributed by atoms with E-state index >= 15 is 0 Å². The molecule has 0 spiro atoms. The van der Waals surface area contributed by atoms with Gasteiger partial charge in [0.25, 0.3) is 0 Å². The van der Waals surface area contributed by atoms with Crippen LogP contribution in [0, 0.1) is 5.92 Å². The van der Waals surface area contributed by atoms with E-state index in [0.29, 0.717) is 5.92 Å². The van der Waals surface area contributed by atoms with E-state index in [4.69, 9.17) is 4.74 Å². The van der Waals surface area contributed by atoms with Gasteiger partial charge in [-0.2, -0.15) is 0 Å². The van der Waals surface area contributed by atoms with Crippen molar-refractivity contribution < 1.29 is 9.53 Å². The van der Waals surface area contributed by atoms with Crippen molar-refractivity contribution in [3.8, 4) is 11.1 Å². The standard InChI is InChI=1S/C24H32N2O2/c1-24(2,3)28-23(27)26-15-13-20(14-16-26)18-25-17-19-9-11-22(12-10-19)21-7-5-4-6-8-21/h4-12,20,25H,13-18H2,1-3H3. The maximum absolute atomic E-state index is 12.1. The molecule has 0 unspecified atom stereocenters. The van der Waals surface area contributed by atoms with Gasteiger partial charge in [0.1, 0.15) is 5.60 Å². The number of piperidine rings is 1. The maximum atomic E-state index is 12.1. The van der Waals surface area contributed by atoms with Gasteiger partial charge in [-0.05, 0) is 62.8 Å². The van der Waals surface area contributed by atoms with E-state index in [9.17, 15) is 4.79 Å². The molecule has 28 heavy (non-hydrogen) atoms. The number of nitrogens with zero attached hydrogens (tertiary/aromatic N) is 1. The number of hydrogen-bond donors (Lipinski definition) is 1. The third kappa shape index (κ3) is 6.10. The van der Waals surface area contributed by atoms with E-state index in [2.05, 4.69) is 53.8 Å². The molecule has 1 fully saturated rings. The Labute approximate surface area is 168 Å². The summed E-state index contributed by atoms with van der Waals surface area (Å²) >= 11 is 0. The van der Waals surface area contributed by atoms with Gasteiger partial charge in [-0.1, -0.05) is 54.6 Å². The van der Waals surface area contributed by atoms with Crippen molar-refractivity contribution in [1.29, 1.82) is 0 Å². The molecule has 3 rings (SSSR count). The van der Waals surface area contributed by atoms with Crippen LogP contribution in [0.25, 0.3) is 11.1 Å². The van der Waals surface area contributed by atoms with Crippen LogP contribution in [-0.4, -0.2) is 36.2 Å². The summed E-state index contributed by atoms with van der Waals surface area (Å²) < 4.78 is 5.46. The largest absolute Gasteiger partial charge is 0.444 e. The molecule has 1 heterocycles. The van der Waals surface area contributed by atoms with Crippen molar-refractivity contribution >= 4 is 6.09 Å². The molecule has 0 aromatic heterocycles. The Hall–Kier alpha value is -2.33. The number of benzene rings is 2. The predicted molar refractivity (Wildman–Crippen MR) is 114 cm³/mol. The topological polar surface area (TPSA) is 41.6 Å². The number of carbonyl (C=O) groups excluding carboxylic acids is 1. The lowest BCUT2D eigenvalue weighted by atomic mass is 9.97. The molecule has 1 aliphatic heterocycles. The Morgan fingerprint density at radius 3 is 2.21 bits per heavy atom. The normalized spacial score (nSPS) is 15.5. The van der Waals surface area contributed by atoms with Crippen LogP contribution in [0.15, 0.2) is 54.6 Å². The van der Waals surface area contributed by atoms with Crippen LogP contribution in [0.4, 0.5) is 4.79 Å². The summed E-state index contributed by atoms with van der Waals surface area (Å²) in [6.07, 6.45) is 1.87. The molecule has 1 amide bonds. The summed E-state index contributed by atoms with van der Waals surface area (Å²) in [4.78, 5) is 14.0. The molecular formula is C24H32N2O2. The van der Waals surface area contributed by atoms with E-state index < -0.39 is 5.60 Å². The molecule has 1 N–H and O–H groups in total. The van der Waals surface area contributed by atoms with Crippen molar-refractivity contribution in [2.45, 2.75) is 45.8 Å². The summed E-state index contributed by atoms with van der Waals surface area (Å²) in [6.45, 7) is 9.17. The lowest BCUT2D eigenvalue weighted by Crippen LogP contribution is -2.43. The highest BCUT2D eigenvalue weighted by Gasteiger charge is 2.26. The molecule has 0 radical (unpaired) electrons. The SMILES string of the molecule is CC(C)(C)OC(=O)N1CCC(CNCc2ccc(-c3ccccc3)cc2)CC1. The van der Waals surface area contributed by atoms with Gasteiger partial charge in [0.2, 0.25) is 0 Å². The molecule has 1 saturated heterocycles. The van der Waals surface area contributed by atoms with E-state index in [1.54, 1.807) is 0 Å². The van der Waals surface area contributed by atoms with Crippen LogP contribution < -0.4 is 5.32 Å². The van der Waals surface area contributed by atoms with Crippen LogP contribution >= 0.6 is 0 Å². The summed E-state index contributed by atoms with van der Waals surface area (Å²) in [5, 5.41) is 3.58. The lowest BCUT2D eigenvalue weighted by Gasteiger charge is -2.33. The molecular weight excluding hydrogens is 348 g/mol. The zero-order valence-electron chi connectivity index (χ0n) is 17.3. The molecule has 2 aromatic carbocycles. The minimum atomic E-state index is -0.425. The molecule has 4 heteroatoms. The number of rotatable bonds is 5. The highest BCUT2D eigenvalue weighted by molar-refractivity contribution is 5.68. The quantitative estimate of drug-likeness (QED) is 0.785. The molecule has 0 bridgehead atoms. The van der Waals surface area contributed by atoms with Gasteiger partial charge < -0.3 is 15.0 Å². The number of carbonyl (C=O) groups is 1. The first-order valence-corrected chi connectivity index (χ1v) is 10.2. The Balaban J connectivity index is 1.39. The van der Waals surface area contributed by atoms with Crippen LogP contribution in [0.2, 0.25) is 0 Å². The second-order valence-electron chi connectivity index (χ2n) is 8.60. The van der Waals surface area contributed by atoms with Crippen molar-refractivity contribution in [1.82, 2.24) is 10.2 Å². The lowest BCUT2D eigenvalue weighted by molar-refractivity contribution is 0.0184. The van der Waals surface area contributed by atoms with Gasteiger partial charge >= 0.3 is 6.09 Å². The van der Waals surface area contributed by atoms with Crippen molar-refractivity contribution in [2.24, 2.45) is 5.92 Å². The fourth-order valence-electron chi connectivity index (χ4n) is 3.51. The summed E-state index contributed by atoms with van der Waals surface area (Å²) in [7, 11) is 0. The fourth-order valence-corrected chi connectivity index (χ4v) is 3.51. The van der Waals surface area contributed by atoms with Crippen molar-refractivity contribution in [3.05, 3.63) is 60.2 Å². The second-order valence-corrected chi connectivity index (χ2v) is 8.60. The van der Waals surface area contributed by atoms with Crippen molar-refractivity contribution in [3.63, 3.8) is 0 Å². The van der Waals surface area contributed by atoms with Gasteiger partial charge in [0.15, 0.2) is 0 Å². The molecule has 0 atom stereocenters. The first-order valence-electron chi connectivity index (χ1n) is 10.2. The van der Waals surface area contributed by atoms with Gasteiger partial charge in [0, 0.05) is 19.6 Å². The van der Waals surface area contributed by atoms with Crippen molar-refractivity contribution in [2.75, 3.05) is 19.6 Å². The molecule has 0 saturated carbocycles. The smallest absolute Gasteiger partial charge is 0.410 e. The predicted octanol–water partition coefficient (Wildman–Crippen LogP) is 5.09. The highest BCUT2D eigenvalue weighted by atomic mass is 16.6. The van der Waals surface area contributed by atoms with Gasteiger partial charge in [-0.25, -0.2) is 4.79 Å². The Morgan fingerprint density at radius 2 is 1.61 bits per heavy atom. The van der Waals surface area contributed by atoms with Crippen LogP contribution in [-0.2, 0) is 11.3 Å². The summed E-state index contributed by atoms with van der Waals surface area (Å²) in [5.74, 6) is 0.613. The molecule has 0 aliphatic carbocycles. The van der Waals surface area contributed by atoms with Crippen LogP contribution in [0.3, 0.4) is 0 Å². The average Bonchev–Trinajstić information content (AvgIpc) is 2.68. The monoisotopic (exact) mass is 380 g/mol. The number of nitrogens with one attached hydrogen (secondary N) is 1. The van der Waals surface area contributed by atoms with E-state index in [-0.39, 0.29) is 6.09 Å². The fraction of sp³-hybridized carbons (Fsp3) is 0.458. The van der Waals surface area contributed by atoms with E-state index in [1.807, 2.05) is 31.7 Å². The third-order valence-corrected chi connectivity index (χ3v) is 5.09. The average molecular weight is 381 g/mol. The van der Waals surface area contributed by atoms with Gasteiger partial charge in [-0.3, -0.25) is 0 Å². The van der Waals surface area contributed by atoms with Gasteiger partial charge in [-0.15, -0.1) is 0 Å². The summed E-state index contributed by atoms with van der Waals surface area (Å²) in [6, 6.07) is 19.2. The van der Waals surface area contributed by atoms with E-state index in [1.165, 1.54) is 16.7 Å². The van der Waals surface area contributed by atoms with Crippen LogP contribution in [0.5, 0.6) is 0 Å². The number of amides is 1. The minimum absolute atomic E-state index is 0.183. The number of hydrogen-bond acceptors (Lipinski definition) is 3. The maximum Gasteiger partial charge on any atom is 0.410 e. The summed E-state index contributed by atoms with van der Waals surface area (Å²) in [5.41, 5.74) is 3.37. The minimum Gasteiger partial charge on any atom is -0.444 e. The Bertz CT molecular complexity index is 742. The Morgan fingerprint density at radius 1 is 1.00 bits per heavy atom. The second kappa shape index (κ2) is 9.24. The molecule has 2 aromatic rings. The first kappa shape index (κ1) is 20.4.